The largest absolute Gasteiger partial charge is 0.507 e. The number of hydrogen-bond donors (Lipinski definition) is 2. The van der Waals surface area contributed by atoms with Crippen molar-refractivity contribution in [3.63, 3.8) is 0 Å². The van der Waals surface area contributed by atoms with Crippen molar-refractivity contribution in [3.8, 4) is 11.5 Å². The van der Waals surface area contributed by atoms with Crippen molar-refractivity contribution in [3.05, 3.63) is 53.6 Å². The molecule has 9 nitrogen and oxygen atoms in total. The quantitative estimate of drug-likeness (QED) is 0.538. The van der Waals surface area contributed by atoms with E-state index >= 15 is 0 Å². The average molecular weight is 362 g/mol. The van der Waals surface area contributed by atoms with Gasteiger partial charge in [-0.2, -0.15) is 8.42 Å². The molecule has 8 N–H and O–H groups in total. The van der Waals surface area contributed by atoms with E-state index in [0.29, 0.717) is 0 Å². The molecule has 0 saturated heterocycles. The summed E-state index contributed by atoms with van der Waals surface area (Å²) in [6.07, 6.45) is 0. The van der Waals surface area contributed by atoms with Gasteiger partial charge in [0.05, 0.1) is 12.7 Å². The molecule has 0 atom stereocenters. The number of hydrogen-bond acceptors (Lipinski definition) is 5. The Morgan fingerprint density at radius 3 is 2.04 bits per heavy atom. The summed E-state index contributed by atoms with van der Waals surface area (Å²) in [6, 6.07) is 9.90. The van der Waals surface area contributed by atoms with Gasteiger partial charge in [0.2, 0.25) is 0 Å². The van der Waals surface area contributed by atoms with Crippen LogP contribution in [0.3, 0.4) is 0 Å². The minimum atomic E-state index is -4.59. The Kier molecular flexibility index (Phi) is 8.87. The van der Waals surface area contributed by atoms with Gasteiger partial charge in [-0.25, -0.2) is 0 Å². The SMILES string of the molecule is COc1cc(O)c(C(=O)c2ccccc2)cc1S(=O)(=O)O.O.O.O. The van der Waals surface area contributed by atoms with Crippen LogP contribution in [0.4, 0.5) is 0 Å². The smallest absolute Gasteiger partial charge is 0.298 e. The predicted octanol–water partition coefficient (Wildman–Crippen LogP) is -0.596. The Morgan fingerprint density at radius 1 is 1.04 bits per heavy atom. The third-order valence-electron chi connectivity index (χ3n) is 2.84. The van der Waals surface area contributed by atoms with Crippen LogP contribution in [-0.2, 0) is 10.1 Å². The normalized spacial score (nSPS) is 9.75. The first-order valence-electron chi connectivity index (χ1n) is 5.83. The summed E-state index contributed by atoms with van der Waals surface area (Å²) in [6.45, 7) is 0. The van der Waals surface area contributed by atoms with E-state index in [1.807, 2.05) is 0 Å². The molecule has 0 heterocycles. The van der Waals surface area contributed by atoms with Gasteiger partial charge in [-0.1, -0.05) is 30.3 Å². The number of ether oxygens (including phenoxy) is 1. The van der Waals surface area contributed by atoms with Gasteiger partial charge in [-0.3, -0.25) is 9.35 Å². The Labute approximate surface area is 137 Å². The van der Waals surface area contributed by atoms with Crippen molar-refractivity contribution in [1.29, 1.82) is 0 Å². The maximum absolute atomic E-state index is 12.3. The van der Waals surface area contributed by atoms with Crippen LogP contribution in [0.5, 0.6) is 11.5 Å². The fourth-order valence-electron chi connectivity index (χ4n) is 1.84. The summed E-state index contributed by atoms with van der Waals surface area (Å²) in [5.74, 6) is -1.26. The van der Waals surface area contributed by atoms with Gasteiger partial charge in [-0.15, -0.1) is 0 Å². The highest BCUT2D eigenvalue weighted by molar-refractivity contribution is 7.86. The van der Waals surface area contributed by atoms with Crippen LogP contribution >= 0.6 is 0 Å². The van der Waals surface area contributed by atoms with Crippen molar-refractivity contribution in [2.45, 2.75) is 4.90 Å². The molecule has 0 aromatic heterocycles. The van der Waals surface area contributed by atoms with Crippen LogP contribution < -0.4 is 4.74 Å². The summed E-state index contributed by atoms with van der Waals surface area (Å²) >= 11 is 0. The van der Waals surface area contributed by atoms with Crippen LogP contribution in [0.2, 0.25) is 0 Å². The predicted molar refractivity (Wildman–Crippen MR) is 85.2 cm³/mol. The van der Waals surface area contributed by atoms with E-state index in [2.05, 4.69) is 0 Å². The average Bonchev–Trinajstić information content (AvgIpc) is 2.45. The first-order valence-corrected chi connectivity index (χ1v) is 7.27. The molecular weight excluding hydrogens is 344 g/mol. The minimum absolute atomic E-state index is 0. The molecule has 0 saturated carbocycles. The van der Waals surface area contributed by atoms with Crippen molar-refractivity contribution >= 4 is 15.9 Å². The van der Waals surface area contributed by atoms with Gasteiger partial charge < -0.3 is 26.3 Å². The van der Waals surface area contributed by atoms with Crippen LogP contribution in [0.1, 0.15) is 15.9 Å². The lowest BCUT2D eigenvalue weighted by atomic mass is 10.0. The summed E-state index contributed by atoms with van der Waals surface area (Å²) < 4.78 is 36.6. The zero-order valence-corrected chi connectivity index (χ0v) is 13.3. The van der Waals surface area contributed by atoms with E-state index in [9.17, 15) is 18.3 Å². The lowest BCUT2D eigenvalue weighted by Gasteiger charge is -2.10. The van der Waals surface area contributed by atoms with Crippen LogP contribution in [-0.4, -0.2) is 47.4 Å². The van der Waals surface area contributed by atoms with E-state index in [-0.39, 0.29) is 33.3 Å². The monoisotopic (exact) mass is 362 g/mol. The van der Waals surface area contributed by atoms with Crippen LogP contribution in [0.25, 0.3) is 0 Å². The Hall–Kier alpha value is -2.50. The van der Waals surface area contributed by atoms with Gasteiger partial charge in [0.25, 0.3) is 10.1 Å². The van der Waals surface area contributed by atoms with E-state index in [0.717, 1.165) is 12.1 Å². The van der Waals surface area contributed by atoms with Gasteiger partial charge in [0, 0.05) is 11.6 Å². The van der Waals surface area contributed by atoms with Gasteiger partial charge >= 0.3 is 0 Å². The number of carbonyl (C=O) groups excluding carboxylic acids is 1. The highest BCUT2D eigenvalue weighted by Crippen LogP contribution is 2.32. The molecule has 0 unspecified atom stereocenters. The number of benzene rings is 2. The highest BCUT2D eigenvalue weighted by Gasteiger charge is 2.23. The molecule has 2 aromatic rings. The molecule has 0 bridgehead atoms. The Bertz CT molecular complexity index is 785. The van der Waals surface area contributed by atoms with Gasteiger partial charge in [0.1, 0.15) is 16.4 Å². The molecule has 24 heavy (non-hydrogen) atoms. The van der Waals surface area contributed by atoms with Crippen molar-refractivity contribution in [1.82, 2.24) is 0 Å². The van der Waals surface area contributed by atoms with Gasteiger partial charge in [0.15, 0.2) is 5.78 Å². The number of rotatable bonds is 4. The number of phenols is 1. The lowest BCUT2D eigenvalue weighted by molar-refractivity contribution is 0.103. The molecule has 0 aliphatic carbocycles. The van der Waals surface area contributed by atoms with Crippen molar-refractivity contribution < 1.29 is 44.0 Å². The number of phenolic OH excluding ortho intramolecular Hbond substituents is 1. The standard InChI is InChI=1S/C14H12O6S.3H2O/c1-20-12-8-11(15)10(7-13(12)21(17,18)19)14(16)9-5-3-2-4-6-9;;;/h2-8,15H,1H3,(H,17,18,19);3*1H2. The lowest BCUT2D eigenvalue weighted by Crippen LogP contribution is -2.07. The van der Waals surface area contributed by atoms with Crippen LogP contribution in [0, 0.1) is 0 Å². The molecule has 0 aliphatic heterocycles. The molecule has 2 rings (SSSR count). The second-order valence-corrected chi connectivity index (χ2v) is 5.58. The maximum Gasteiger partial charge on any atom is 0.298 e. The fourth-order valence-corrected chi connectivity index (χ4v) is 2.50. The Balaban J connectivity index is 0. The maximum atomic E-state index is 12.3. The summed E-state index contributed by atoms with van der Waals surface area (Å²) in [7, 11) is -3.41. The second-order valence-electron chi connectivity index (χ2n) is 4.19. The molecule has 0 spiro atoms. The number of methoxy groups -OCH3 is 1. The fraction of sp³-hybridized carbons (Fsp3) is 0.0714. The topological polar surface area (TPSA) is 195 Å². The molecule has 0 fully saturated rings. The summed E-state index contributed by atoms with van der Waals surface area (Å²) in [4.78, 5) is 11.7. The first kappa shape index (κ1) is 23.8. The Morgan fingerprint density at radius 2 is 1.58 bits per heavy atom. The van der Waals surface area contributed by atoms with E-state index < -0.39 is 26.5 Å². The second kappa shape index (κ2) is 8.96. The van der Waals surface area contributed by atoms with E-state index in [1.165, 1.54) is 19.2 Å². The third-order valence-corrected chi connectivity index (χ3v) is 3.72. The molecule has 10 heteroatoms. The molecule has 2 aromatic carbocycles. The third kappa shape index (κ3) is 4.75. The van der Waals surface area contributed by atoms with E-state index in [1.54, 1.807) is 18.2 Å². The van der Waals surface area contributed by atoms with Gasteiger partial charge in [-0.05, 0) is 6.07 Å². The van der Waals surface area contributed by atoms with E-state index in [4.69, 9.17) is 9.29 Å². The minimum Gasteiger partial charge on any atom is -0.507 e. The zero-order valence-electron chi connectivity index (χ0n) is 12.5. The molecule has 0 aliphatic rings. The molecule has 0 amide bonds. The zero-order chi connectivity index (χ0) is 15.6. The first-order chi connectivity index (χ1) is 9.84. The van der Waals surface area contributed by atoms with Crippen LogP contribution in [0.15, 0.2) is 47.4 Å². The summed E-state index contributed by atoms with van der Waals surface area (Å²) in [5.41, 5.74) is 0.0360. The molecule has 134 valence electrons. The molecule has 0 radical (unpaired) electrons. The van der Waals surface area contributed by atoms with Crippen molar-refractivity contribution in [2.75, 3.05) is 7.11 Å². The number of ketones is 1. The number of carbonyl (C=O) groups is 1. The van der Waals surface area contributed by atoms with Crippen molar-refractivity contribution in [2.24, 2.45) is 0 Å². The number of aromatic hydroxyl groups is 1. The highest BCUT2D eigenvalue weighted by atomic mass is 32.2. The summed E-state index contributed by atoms with van der Waals surface area (Å²) in [5, 5.41) is 9.87. The molecular formula is C14H18O9S.